The van der Waals surface area contributed by atoms with Crippen molar-refractivity contribution in [1.29, 1.82) is 0 Å². The summed E-state index contributed by atoms with van der Waals surface area (Å²) in [6.07, 6.45) is 11.6. The summed E-state index contributed by atoms with van der Waals surface area (Å²) in [4.78, 5) is 30.7. The highest BCUT2D eigenvalue weighted by atomic mass is 35.5. The molecule has 0 unspecified atom stereocenters. The summed E-state index contributed by atoms with van der Waals surface area (Å²) in [7, 11) is 0. The molecule has 0 radical (unpaired) electrons. The van der Waals surface area contributed by atoms with Crippen LogP contribution in [-0.2, 0) is 9.53 Å². The SMILES string of the molecule is CC[C@H](CC[C@@H](C)[C@H]1CC[C@H]2[C@@H]3CC(=O)[C@@]4(O)C[C@@H](OC(=O)c5ccc(Cl)nc5)CC[C@]4(C)[C@H]3CC[C@]12C)C(C)C. The zero-order valence-electron chi connectivity index (χ0n) is 26.1. The van der Waals surface area contributed by atoms with Crippen LogP contribution >= 0.6 is 11.6 Å². The summed E-state index contributed by atoms with van der Waals surface area (Å²) >= 11 is 5.86. The van der Waals surface area contributed by atoms with Gasteiger partial charge in [-0.15, -0.1) is 0 Å². The lowest BCUT2D eigenvalue weighted by molar-refractivity contribution is -0.213. The molecule has 0 saturated heterocycles. The van der Waals surface area contributed by atoms with Crippen LogP contribution in [0, 0.1) is 52.3 Å². The van der Waals surface area contributed by atoms with E-state index in [1.54, 1.807) is 12.1 Å². The number of hydrogen-bond acceptors (Lipinski definition) is 5. The van der Waals surface area contributed by atoms with E-state index in [0.717, 1.165) is 24.2 Å². The smallest absolute Gasteiger partial charge is 0.339 e. The van der Waals surface area contributed by atoms with E-state index >= 15 is 0 Å². The van der Waals surface area contributed by atoms with Crippen molar-refractivity contribution < 1.29 is 19.4 Å². The molecule has 41 heavy (non-hydrogen) atoms. The maximum atomic E-state index is 13.9. The van der Waals surface area contributed by atoms with Crippen LogP contribution < -0.4 is 0 Å². The molecule has 5 rings (SSSR count). The van der Waals surface area contributed by atoms with Gasteiger partial charge in [-0.3, -0.25) is 4.79 Å². The Hall–Kier alpha value is -1.46. The second-order valence-corrected chi connectivity index (χ2v) is 15.5. The molecule has 1 heterocycles. The Kier molecular flexibility index (Phi) is 8.74. The van der Waals surface area contributed by atoms with Crippen molar-refractivity contribution in [3.8, 4) is 0 Å². The van der Waals surface area contributed by atoms with E-state index in [2.05, 4.69) is 46.5 Å². The van der Waals surface area contributed by atoms with Gasteiger partial charge < -0.3 is 9.84 Å². The third-order valence-electron chi connectivity index (χ3n) is 13.0. The summed E-state index contributed by atoms with van der Waals surface area (Å²) in [5, 5.41) is 12.4. The van der Waals surface area contributed by atoms with Crippen LogP contribution in [0.25, 0.3) is 0 Å². The monoisotopic (exact) mass is 585 g/mol. The van der Waals surface area contributed by atoms with Crippen LogP contribution in [0.2, 0.25) is 5.15 Å². The maximum absolute atomic E-state index is 13.9. The number of aromatic nitrogens is 1. The van der Waals surface area contributed by atoms with Crippen LogP contribution in [0.3, 0.4) is 0 Å². The van der Waals surface area contributed by atoms with Crippen molar-refractivity contribution in [1.82, 2.24) is 4.98 Å². The Bertz CT molecular complexity index is 1120. The van der Waals surface area contributed by atoms with E-state index in [0.29, 0.717) is 53.7 Å². The molecule has 0 spiro atoms. The number of esters is 1. The van der Waals surface area contributed by atoms with Crippen LogP contribution in [0.4, 0.5) is 0 Å². The Morgan fingerprint density at radius 2 is 1.85 bits per heavy atom. The van der Waals surface area contributed by atoms with E-state index in [1.807, 2.05) is 0 Å². The van der Waals surface area contributed by atoms with E-state index in [9.17, 15) is 14.7 Å². The average Bonchev–Trinajstić information content (AvgIpc) is 3.28. The number of nitrogens with zero attached hydrogens (tertiary/aromatic N) is 1. The third-order valence-corrected chi connectivity index (χ3v) is 13.3. The molecular weight excluding hydrogens is 534 g/mol. The average molecular weight is 586 g/mol. The normalized spacial score (nSPS) is 39.9. The number of aliphatic hydroxyl groups is 1. The van der Waals surface area contributed by atoms with Gasteiger partial charge in [0.15, 0.2) is 5.78 Å². The van der Waals surface area contributed by atoms with Gasteiger partial charge in [0, 0.05) is 24.5 Å². The number of ketones is 1. The molecule has 0 aliphatic heterocycles. The molecular formula is C35H52ClNO4. The number of fused-ring (bicyclic) bond motifs is 5. The Morgan fingerprint density at radius 1 is 1.10 bits per heavy atom. The van der Waals surface area contributed by atoms with Crippen molar-refractivity contribution in [3.05, 3.63) is 29.0 Å². The van der Waals surface area contributed by atoms with E-state index in [1.165, 1.54) is 44.7 Å². The number of rotatable bonds is 8. The van der Waals surface area contributed by atoms with Gasteiger partial charge in [0.1, 0.15) is 16.9 Å². The quantitative estimate of drug-likeness (QED) is 0.245. The Morgan fingerprint density at radius 3 is 2.51 bits per heavy atom. The molecule has 4 saturated carbocycles. The van der Waals surface area contributed by atoms with Gasteiger partial charge in [0.2, 0.25) is 0 Å². The van der Waals surface area contributed by atoms with E-state index in [-0.39, 0.29) is 17.6 Å². The zero-order valence-corrected chi connectivity index (χ0v) is 26.9. The van der Waals surface area contributed by atoms with E-state index in [4.69, 9.17) is 16.3 Å². The molecule has 10 atom stereocenters. The number of ether oxygens (including phenoxy) is 1. The minimum Gasteiger partial charge on any atom is -0.459 e. The molecule has 1 aromatic heterocycles. The lowest BCUT2D eigenvalue weighted by atomic mass is 9.42. The highest BCUT2D eigenvalue weighted by Gasteiger charge is 2.68. The summed E-state index contributed by atoms with van der Waals surface area (Å²) < 4.78 is 5.81. The first-order valence-corrected chi connectivity index (χ1v) is 16.8. The van der Waals surface area contributed by atoms with Crippen molar-refractivity contribution >= 4 is 23.4 Å². The minimum atomic E-state index is -1.44. The number of hydrogen-bond donors (Lipinski definition) is 1. The predicted molar refractivity (Wildman–Crippen MR) is 163 cm³/mol. The Balaban J connectivity index is 1.28. The zero-order chi connectivity index (χ0) is 29.7. The highest BCUT2D eigenvalue weighted by Crippen LogP contribution is 2.68. The second kappa shape index (κ2) is 11.6. The minimum absolute atomic E-state index is 0.0290. The molecule has 0 bridgehead atoms. The molecule has 1 aromatic rings. The molecule has 1 N–H and O–H groups in total. The molecule has 228 valence electrons. The van der Waals surface area contributed by atoms with Crippen LogP contribution in [0.1, 0.15) is 123 Å². The van der Waals surface area contributed by atoms with Crippen LogP contribution in [0.5, 0.6) is 0 Å². The van der Waals surface area contributed by atoms with Crippen molar-refractivity contribution in [2.75, 3.05) is 0 Å². The summed E-state index contributed by atoms with van der Waals surface area (Å²) in [5.41, 5.74) is -1.31. The first-order valence-electron chi connectivity index (χ1n) is 16.4. The lowest BCUT2D eigenvalue weighted by Crippen LogP contribution is -2.67. The van der Waals surface area contributed by atoms with Crippen molar-refractivity contribution in [2.24, 2.45) is 52.3 Å². The fourth-order valence-corrected chi connectivity index (χ4v) is 10.6. The molecule has 4 aliphatic rings. The number of halogens is 1. The highest BCUT2D eigenvalue weighted by molar-refractivity contribution is 6.29. The van der Waals surface area contributed by atoms with Gasteiger partial charge in [-0.1, -0.05) is 66.0 Å². The number of carbonyl (C=O) groups is 2. The van der Waals surface area contributed by atoms with Gasteiger partial charge in [0.05, 0.1) is 5.56 Å². The van der Waals surface area contributed by atoms with Crippen molar-refractivity contribution in [2.45, 2.75) is 124 Å². The third kappa shape index (κ3) is 5.30. The molecule has 4 fully saturated rings. The molecule has 6 heteroatoms. The fourth-order valence-electron chi connectivity index (χ4n) is 10.5. The van der Waals surface area contributed by atoms with Gasteiger partial charge in [0.25, 0.3) is 0 Å². The summed E-state index contributed by atoms with van der Waals surface area (Å²) in [6, 6.07) is 3.16. The summed E-state index contributed by atoms with van der Waals surface area (Å²) in [6.45, 7) is 14.3. The van der Waals surface area contributed by atoms with Crippen molar-refractivity contribution in [3.63, 3.8) is 0 Å². The summed E-state index contributed by atoms with van der Waals surface area (Å²) in [5.74, 6) is 3.71. The number of Topliss-reactive ketones (excluding diaryl/α,β-unsaturated/α-hetero) is 1. The molecule has 5 nitrogen and oxygen atoms in total. The molecule has 0 amide bonds. The number of carbonyl (C=O) groups excluding carboxylic acids is 2. The fraction of sp³-hybridized carbons (Fsp3) is 0.800. The lowest BCUT2D eigenvalue weighted by Gasteiger charge is -2.63. The van der Waals surface area contributed by atoms with Crippen LogP contribution in [0.15, 0.2) is 18.3 Å². The van der Waals surface area contributed by atoms with Gasteiger partial charge in [-0.05, 0) is 104 Å². The predicted octanol–water partition coefficient (Wildman–Crippen LogP) is 8.31. The first-order chi connectivity index (χ1) is 19.3. The van der Waals surface area contributed by atoms with Gasteiger partial charge in [-0.25, -0.2) is 9.78 Å². The maximum Gasteiger partial charge on any atom is 0.339 e. The van der Waals surface area contributed by atoms with Gasteiger partial charge in [-0.2, -0.15) is 0 Å². The number of pyridine rings is 1. The van der Waals surface area contributed by atoms with Crippen LogP contribution in [-0.4, -0.2) is 33.5 Å². The largest absolute Gasteiger partial charge is 0.459 e. The first kappa shape index (κ1) is 31.0. The van der Waals surface area contributed by atoms with E-state index < -0.39 is 23.1 Å². The standard InChI is InChI=1S/C35H52ClNO4/c1-7-23(21(2)3)9-8-22(4)27-11-12-28-26-18-30(38)35(40)19-25(41-32(39)24-10-13-31(36)37-20-24)14-17-34(35,6)29(26)15-16-33(27,28)5/h10,13,20-23,25-29,40H,7-9,11-12,14-19H2,1-6H3/t22-,23-,25+,26+,27-,28+,29+,33-,34-,35+/m1/s1. The molecule has 4 aliphatic carbocycles. The Labute approximate surface area is 252 Å². The molecule has 0 aromatic carbocycles. The topological polar surface area (TPSA) is 76.5 Å². The second-order valence-electron chi connectivity index (χ2n) is 15.1. The van der Waals surface area contributed by atoms with Gasteiger partial charge >= 0.3 is 5.97 Å².